The molecule has 1 amide bonds. The molecular weight excluding hydrogens is 380 g/mol. The number of unbranched alkanes of at least 4 members (excludes halogenated alkanes) is 1. The summed E-state index contributed by atoms with van der Waals surface area (Å²) in [7, 11) is 1.89. The number of aromatic nitrogens is 2. The summed E-state index contributed by atoms with van der Waals surface area (Å²) in [5.41, 5.74) is 4.20. The summed E-state index contributed by atoms with van der Waals surface area (Å²) in [6, 6.07) is 9.33. The van der Waals surface area contributed by atoms with Gasteiger partial charge in [-0.3, -0.25) is 9.89 Å². The minimum atomic E-state index is -0.175. The maximum atomic E-state index is 13.2. The molecule has 3 N–H and O–H groups in total. The first-order valence-electron chi connectivity index (χ1n) is 10.5. The number of nitrogens with one attached hydrogen (secondary N) is 2. The molecule has 30 heavy (non-hydrogen) atoms. The third-order valence-corrected chi connectivity index (χ3v) is 5.56. The van der Waals surface area contributed by atoms with Gasteiger partial charge < -0.3 is 20.1 Å². The lowest BCUT2D eigenvalue weighted by molar-refractivity contribution is 0.0748. The SMILES string of the molecule is CCCCc1n[nH]c2cc(O)c(C(=O)N3Cc4ccc(OCCNC)cc4C3)cc12. The summed E-state index contributed by atoms with van der Waals surface area (Å²) in [5.74, 6) is 0.609. The number of hydrogen-bond acceptors (Lipinski definition) is 5. The normalized spacial score (nSPS) is 13.1. The van der Waals surface area contributed by atoms with Crippen molar-refractivity contribution in [2.45, 2.75) is 39.3 Å². The van der Waals surface area contributed by atoms with Crippen LogP contribution in [0.15, 0.2) is 30.3 Å². The fraction of sp³-hybridized carbons (Fsp3) is 0.391. The highest BCUT2D eigenvalue weighted by Gasteiger charge is 2.27. The molecule has 0 spiro atoms. The predicted octanol–water partition coefficient (Wildman–Crippen LogP) is 3.37. The monoisotopic (exact) mass is 408 g/mol. The van der Waals surface area contributed by atoms with Crippen molar-refractivity contribution in [2.24, 2.45) is 0 Å². The van der Waals surface area contributed by atoms with Gasteiger partial charge in [-0.15, -0.1) is 0 Å². The van der Waals surface area contributed by atoms with Crippen molar-refractivity contribution < 1.29 is 14.6 Å². The van der Waals surface area contributed by atoms with Crippen LogP contribution in [0.3, 0.4) is 0 Å². The molecule has 1 aliphatic heterocycles. The zero-order valence-electron chi connectivity index (χ0n) is 17.5. The van der Waals surface area contributed by atoms with Crippen LogP contribution in [0.1, 0.15) is 46.9 Å². The number of hydrogen-bond donors (Lipinski definition) is 3. The van der Waals surface area contributed by atoms with E-state index in [1.165, 1.54) is 0 Å². The number of fused-ring (bicyclic) bond motifs is 2. The van der Waals surface area contributed by atoms with Gasteiger partial charge in [-0.05, 0) is 49.2 Å². The van der Waals surface area contributed by atoms with Gasteiger partial charge in [0.15, 0.2) is 0 Å². The van der Waals surface area contributed by atoms with Gasteiger partial charge in [-0.2, -0.15) is 5.10 Å². The van der Waals surface area contributed by atoms with Crippen molar-refractivity contribution in [3.05, 3.63) is 52.7 Å². The maximum absolute atomic E-state index is 13.2. The number of aromatic hydroxyl groups is 1. The Bertz CT molecular complexity index is 1060. The quantitative estimate of drug-likeness (QED) is 0.497. The number of amides is 1. The topological polar surface area (TPSA) is 90.5 Å². The highest BCUT2D eigenvalue weighted by molar-refractivity contribution is 6.01. The van der Waals surface area contributed by atoms with Crippen LogP contribution in [0.25, 0.3) is 10.9 Å². The van der Waals surface area contributed by atoms with Crippen molar-refractivity contribution in [1.82, 2.24) is 20.4 Å². The van der Waals surface area contributed by atoms with E-state index in [1.807, 2.05) is 25.2 Å². The highest BCUT2D eigenvalue weighted by Crippen LogP contribution is 2.32. The number of benzene rings is 2. The van der Waals surface area contributed by atoms with E-state index in [-0.39, 0.29) is 11.7 Å². The van der Waals surface area contributed by atoms with Crippen LogP contribution in [-0.2, 0) is 19.5 Å². The fourth-order valence-electron chi connectivity index (χ4n) is 3.86. The Morgan fingerprint density at radius 1 is 1.27 bits per heavy atom. The minimum Gasteiger partial charge on any atom is -0.507 e. The zero-order chi connectivity index (χ0) is 21.1. The lowest BCUT2D eigenvalue weighted by Gasteiger charge is -2.16. The Balaban J connectivity index is 1.54. The van der Waals surface area contributed by atoms with Gasteiger partial charge in [0.2, 0.25) is 0 Å². The maximum Gasteiger partial charge on any atom is 0.258 e. The summed E-state index contributed by atoms with van der Waals surface area (Å²) < 4.78 is 5.74. The van der Waals surface area contributed by atoms with Gasteiger partial charge in [-0.25, -0.2) is 0 Å². The van der Waals surface area contributed by atoms with E-state index < -0.39 is 0 Å². The van der Waals surface area contributed by atoms with E-state index in [0.29, 0.717) is 25.3 Å². The summed E-state index contributed by atoms with van der Waals surface area (Å²) in [4.78, 5) is 15.0. The van der Waals surface area contributed by atoms with E-state index in [1.54, 1.807) is 17.0 Å². The molecule has 158 valence electrons. The summed E-state index contributed by atoms with van der Waals surface area (Å²) in [5, 5.41) is 21.8. The smallest absolute Gasteiger partial charge is 0.258 e. The van der Waals surface area contributed by atoms with E-state index in [0.717, 1.165) is 59.3 Å². The third kappa shape index (κ3) is 3.98. The average Bonchev–Trinajstić information content (AvgIpc) is 3.34. The molecule has 1 aliphatic rings. The number of aromatic amines is 1. The van der Waals surface area contributed by atoms with Crippen molar-refractivity contribution in [2.75, 3.05) is 20.2 Å². The molecule has 3 aromatic rings. The summed E-state index contributed by atoms with van der Waals surface area (Å²) >= 11 is 0. The lowest BCUT2D eigenvalue weighted by atomic mass is 10.1. The van der Waals surface area contributed by atoms with Crippen LogP contribution in [0, 0.1) is 0 Å². The van der Waals surface area contributed by atoms with Crippen LogP contribution in [0.5, 0.6) is 11.5 Å². The number of carbonyl (C=O) groups excluding carboxylic acids is 1. The molecule has 0 unspecified atom stereocenters. The first kappa shape index (κ1) is 20.2. The highest BCUT2D eigenvalue weighted by atomic mass is 16.5. The van der Waals surface area contributed by atoms with Gasteiger partial charge in [0.05, 0.1) is 16.8 Å². The Labute approximate surface area is 176 Å². The van der Waals surface area contributed by atoms with Gasteiger partial charge in [-0.1, -0.05) is 19.4 Å². The van der Waals surface area contributed by atoms with Crippen LogP contribution < -0.4 is 10.1 Å². The number of rotatable bonds is 8. The molecular formula is C23H28N4O3. The number of ether oxygens (including phenoxy) is 1. The Morgan fingerprint density at radius 2 is 2.10 bits per heavy atom. The first-order chi connectivity index (χ1) is 14.6. The van der Waals surface area contributed by atoms with Crippen LogP contribution in [0.2, 0.25) is 0 Å². The second-order valence-electron chi connectivity index (χ2n) is 7.73. The molecule has 0 aliphatic carbocycles. The Hall–Kier alpha value is -3.06. The molecule has 0 saturated carbocycles. The number of phenolic OH excluding ortho intramolecular Hbond substituents is 1. The average molecular weight is 409 g/mol. The number of H-pyrrole nitrogens is 1. The van der Waals surface area contributed by atoms with Crippen molar-refractivity contribution >= 4 is 16.8 Å². The molecule has 7 nitrogen and oxygen atoms in total. The molecule has 7 heteroatoms. The molecule has 0 saturated heterocycles. The number of carbonyl (C=O) groups is 1. The minimum absolute atomic E-state index is 0.0229. The Morgan fingerprint density at radius 3 is 2.90 bits per heavy atom. The molecule has 2 heterocycles. The second-order valence-corrected chi connectivity index (χ2v) is 7.73. The molecule has 0 atom stereocenters. The second kappa shape index (κ2) is 8.75. The summed E-state index contributed by atoms with van der Waals surface area (Å²) in [6.07, 6.45) is 2.95. The summed E-state index contributed by atoms with van der Waals surface area (Å²) in [6.45, 7) is 4.53. The van der Waals surface area contributed by atoms with Crippen LogP contribution >= 0.6 is 0 Å². The molecule has 2 aromatic carbocycles. The lowest BCUT2D eigenvalue weighted by Crippen LogP contribution is -2.25. The van der Waals surface area contributed by atoms with Gasteiger partial charge in [0, 0.05) is 31.1 Å². The van der Waals surface area contributed by atoms with Crippen LogP contribution in [-0.4, -0.2) is 46.3 Å². The van der Waals surface area contributed by atoms with Gasteiger partial charge >= 0.3 is 0 Å². The van der Waals surface area contributed by atoms with E-state index in [4.69, 9.17) is 4.74 Å². The fourth-order valence-corrected chi connectivity index (χ4v) is 3.86. The van der Waals surface area contributed by atoms with Crippen molar-refractivity contribution in [1.29, 1.82) is 0 Å². The number of phenols is 1. The van der Waals surface area contributed by atoms with Gasteiger partial charge in [0.25, 0.3) is 5.91 Å². The number of nitrogens with zero attached hydrogens (tertiary/aromatic N) is 2. The van der Waals surface area contributed by atoms with Gasteiger partial charge in [0.1, 0.15) is 18.1 Å². The standard InChI is InChI=1S/C23H28N4O3/c1-3-4-5-20-18-11-19(22(28)12-21(18)26-25-20)23(29)27-13-15-6-7-17(10-16(15)14-27)30-9-8-24-2/h6-7,10-12,24,28H,3-5,8-9,13-14H2,1-2H3,(H,25,26). The first-order valence-corrected chi connectivity index (χ1v) is 10.5. The van der Waals surface area contributed by atoms with Crippen LogP contribution in [0.4, 0.5) is 0 Å². The number of likely N-dealkylation sites (N-methyl/N-ethyl adjacent to an activating group) is 1. The third-order valence-electron chi connectivity index (χ3n) is 5.56. The molecule has 0 radical (unpaired) electrons. The zero-order valence-corrected chi connectivity index (χ0v) is 17.5. The molecule has 0 bridgehead atoms. The molecule has 0 fully saturated rings. The largest absolute Gasteiger partial charge is 0.507 e. The molecule has 4 rings (SSSR count). The molecule has 1 aromatic heterocycles. The van der Waals surface area contributed by atoms with E-state index in [9.17, 15) is 9.90 Å². The number of aryl methyl sites for hydroxylation is 1. The van der Waals surface area contributed by atoms with E-state index in [2.05, 4.69) is 22.4 Å². The van der Waals surface area contributed by atoms with Crippen molar-refractivity contribution in [3.8, 4) is 11.5 Å². The Kier molecular flexibility index (Phi) is 5.90. The van der Waals surface area contributed by atoms with E-state index >= 15 is 0 Å². The van der Waals surface area contributed by atoms with Crippen molar-refractivity contribution in [3.63, 3.8) is 0 Å². The predicted molar refractivity (Wildman–Crippen MR) is 116 cm³/mol.